The molecule has 0 heterocycles. The highest BCUT2D eigenvalue weighted by atomic mass is 16.5. The van der Waals surface area contributed by atoms with Crippen molar-refractivity contribution in [3.63, 3.8) is 0 Å². The van der Waals surface area contributed by atoms with Gasteiger partial charge >= 0.3 is 11.9 Å². The van der Waals surface area contributed by atoms with Gasteiger partial charge in [-0.25, -0.2) is 9.59 Å². The summed E-state index contributed by atoms with van der Waals surface area (Å²) in [5.41, 5.74) is 2.63. The maximum Gasteiger partial charge on any atom is 0.414 e. The summed E-state index contributed by atoms with van der Waals surface area (Å²) in [6.07, 6.45) is 2.19. The summed E-state index contributed by atoms with van der Waals surface area (Å²) in [5.74, 6) is -3.10. The molecule has 1 unspecified atom stereocenters. The van der Waals surface area contributed by atoms with Crippen LogP contribution >= 0.6 is 0 Å². The van der Waals surface area contributed by atoms with Crippen LogP contribution in [0, 0.1) is 6.92 Å². The quantitative estimate of drug-likeness (QED) is 0.274. The standard InChI is InChI=1S/C29H43N3O3.C2H2O4/c1-6-18-32(19-7-2)29(34)27(30-28(33)25-14-10-23(5)11-15-25)22-24-12-16-26(17-13-24)35-21-20-31(8-3)9-4;3-1(4)2(5)6/h10-17,27H,6-9,18-22H2,1-5H3,(H,30,33);(H,3,4)(H,5,6). The predicted molar refractivity (Wildman–Crippen MR) is 158 cm³/mol. The maximum absolute atomic E-state index is 13.5. The van der Waals surface area contributed by atoms with Crippen LogP contribution in [0.5, 0.6) is 5.75 Å². The fourth-order valence-electron chi connectivity index (χ4n) is 4.03. The Labute approximate surface area is 243 Å². The smallest absolute Gasteiger partial charge is 0.414 e. The largest absolute Gasteiger partial charge is 0.492 e. The third-order valence-electron chi connectivity index (χ3n) is 6.33. The van der Waals surface area contributed by atoms with Crippen molar-refractivity contribution < 1.29 is 34.1 Å². The van der Waals surface area contributed by atoms with Crippen LogP contribution in [0.15, 0.2) is 48.5 Å². The fraction of sp³-hybridized carbons (Fsp3) is 0.484. The van der Waals surface area contributed by atoms with Gasteiger partial charge in [-0.1, -0.05) is 57.5 Å². The number of aliphatic carboxylic acids is 2. The van der Waals surface area contributed by atoms with Gasteiger partial charge in [-0.3, -0.25) is 9.59 Å². The van der Waals surface area contributed by atoms with Gasteiger partial charge in [0.2, 0.25) is 5.91 Å². The van der Waals surface area contributed by atoms with E-state index in [1.807, 2.05) is 48.2 Å². The number of carbonyl (C=O) groups is 4. The molecule has 0 fully saturated rings. The van der Waals surface area contributed by atoms with Gasteiger partial charge in [0.1, 0.15) is 18.4 Å². The first-order valence-electron chi connectivity index (χ1n) is 14.1. The number of carbonyl (C=O) groups excluding carboxylic acids is 2. The molecule has 0 bridgehead atoms. The number of ether oxygens (including phenoxy) is 1. The van der Waals surface area contributed by atoms with E-state index in [-0.39, 0.29) is 11.8 Å². The number of aryl methyl sites for hydroxylation is 1. The number of hydrogen-bond donors (Lipinski definition) is 3. The van der Waals surface area contributed by atoms with E-state index in [1.54, 1.807) is 12.1 Å². The molecular formula is C31H45N3O7. The van der Waals surface area contributed by atoms with Crippen LogP contribution in [0.25, 0.3) is 0 Å². The number of benzene rings is 2. The molecule has 1 atom stereocenters. The summed E-state index contributed by atoms with van der Waals surface area (Å²) in [6, 6.07) is 14.6. The van der Waals surface area contributed by atoms with Crippen molar-refractivity contribution in [1.29, 1.82) is 0 Å². The van der Waals surface area contributed by atoms with Crippen LogP contribution in [0.3, 0.4) is 0 Å². The lowest BCUT2D eigenvalue weighted by Gasteiger charge is -2.27. The molecule has 2 amide bonds. The van der Waals surface area contributed by atoms with Gasteiger partial charge in [-0.15, -0.1) is 0 Å². The van der Waals surface area contributed by atoms with Crippen LogP contribution in [0.2, 0.25) is 0 Å². The first kappa shape index (κ1) is 35.1. The molecule has 41 heavy (non-hydrogen) atoms. The van der Waals surface area contributed by atoms with Crippen molar-refractivity contribution in [1.82, 2.24) is 15.1 Å². The molecule has 0 aliphatic carbocycles. The molecule has 2 rings (SSSR count). The second-order valence-electron chi connectivity index (χ2n) is 9.55. The zero-order valence-corrected chi connectivity index (χ0v) is 24.9. The molecule has 0 aliphatic heterocycles. The van der Waals surface area contributed by atoms with E-state index in [9.17, 15) is 9.59 Å². The lowest BCUT2D eigenvalue weighted by atomic mass is 10.0. The van der Waals surface area contributed by atoms with Gasteiger partial charge in [0.25, 0.3) is 5.91 Å². The lowest BCUT2D eigenvalue weighted by Crippen LogP contribution is -2.50. The zero-order chi connectivity index (χ0) is 30.8. The highest BCUT2D eigenvalue weighted by molar-refractivity contribution is 6.27. The van der Waals surface area contributed by atoms with Crippen LogP contribution in [-0.4, -0.2) is 89.1 Å². The zero-order valence-electron chi connectivity index (χ0n) is 24.9. The van der Waals surface area contributed by atoms with E-state index in [4.69, 9.17) is 24.5 Å². The Hall–Kier alpha value is -3.92. The van der Waals surface area contributed by atoms with E-state index in [0.717, 1.165) is 49.4 Å². The minimum Gasteiger partial charge on any atom is -0.492 e. The second-order valence-corrected chi connectivity index (χ2v) is 9.55. The van der Waals surface area contributed by atoms with E-state index < -0.39 is 18.0 Å². The SMILES string of the molecule is CCCN(CCC)C(=O)C(Cc1ccc(OCCN(CC)CC)cc1)NC(=O)c1ccc(C)cc1.O=C(O)C(=O)O. The summed E-state index contributed by atoms with van der Waals surface area (Å²) in [6.45, 7) is 15.3. The predicted octanol–water partition coefficient (Wildman–Crippen LogP) is 3.86. The number of rotatable bonds is 15. The third-order valence-corrected chi connectivity index (χ3v) is 6.33. The topological polar surface area (TPSA) is 136 Å². The minimum atomic E-state index is -1.82. The Morgan fingerprint density at radius 2 is 1.34 bits per heavy atom. The highest BCUT2D eigenvalue weighted by Crippen LogP contribution is 2.15. The number of hydrogen-bond acceptors (Lipinski definition) is 6. The van der Waals surface area contributed by atoms with Crippen molar-refractivity contribution in [3.8, 4) is 5.75 Å². The summed E-state index contributed by atoms with van der Waals surface area (Å²) >= 11 is 0. The molecule has 0 radical (unpaired) electrons. The van der Waals surface area contributed by atoms with Crippen LogP contribution in [0.1, 0.15) is 62.0 Å². The van der Waals surface area contributed by atoms with E-state index in [1.165, 1.54) is 0 Å². The molecule has 0 aliphatic rings. The van der Waals surface area contributed by atoms with E-state index in [2.05, 4.69) is 37.9 Å². The van der Waals surface area contributed by atoms with Gasteiger partial charge in [0.15, 0.2) is 0 Å². The first-order valence-corrected chi connectivity index (χ1v) is 14.1. The monoisotopic (exact) mass is 571 g/mol. The minimum absolute atomic E-state index is 0.0336. The molecule has 0 spiro atoms. The molecule has 2 aromatic carbocycles. The van der Waals surface area contributed by atoms with Gasteiger partial charge in [0, 0.05) is 31.6 Å². The average Bonchev–Trinajstić information content (AvgIpc) is 2.96. The Bertz CT molecular complexity index is 1070. The molecule has 0 saturated heterocycles. The molecule has 226 valence electrons. The van der Waals surface area contributed by atoms with Gasteiger partial charge in [0.05, 0.1) is 0 Å². The number of carboxylic acid groups (broad SMARTS) is 2. The Morgan fingerprint density at radius 3 is 1.80 bits per heavy atom. The molecule has 10 nitrogen and oxygen atoms in total. The number of nitrogens with zero attached hydrogens (tertiary/aromatic N) is 2. The average molecular weight is 572 g/mol. The Balaban J connectivity index is 0.00000126. The summed E-state index contributed by atoms with van der Waals surface area (Å²) < 4.78 is 5.90. The number of likely N-dealkylation sites (N-methyl/N-ethyl adjacent to an activating group) is 1. The molecule has 0 saturated carbocycles. The van der Waals surface area contributed by atoms with Crippen LogP contribution in [0.4, 0.5) is 0 Å². The Morgan fingerprint density at radius 1 is 0.805 bits per heavy atom. The maximum atomic E-state index is 13.5. The van der Waals surface area contributed by atoms with Crippen LogP contribution in [-0.2, 0) is 20.8 Å². The number of carboxylic acids is 2. The summed E-state index contributed by atoms with van der Waals surface area (Å²) in [4.78, 5) is 48.8. The van der Waals surface area contributed by atoms with E-state index >= 15 is 0 Å². The summed E-state index contributed by atoms with van der Waals surface area (Å²) in [7, 11) is 0. The molecule has 0 aromatic heterocycles. The molecule has 2 aromatic rings. The van der Waals surface area contributed by atoms with Crippen LogP contribution < -0.4 is 10.1 Å². The lowest BCUT2D eigenvalue weighted by molar-refractivity contribution is -0.159. The highest BCUT2D eigenvalue weighted by Gasteiger charge is 2.26. The second kappa shape index (κ2) is 19.2. The van der Waals surface area contributed by atoms with E-state index in [0.29, 0.717) is 31.7 Å². The fourth-order valence-corrected chi connectivity index (χ4v) is 4.03. The first-order chi connectivity index (χ1) is 19.6. The normalized spacial score (nSPS) is 11.2. The van der Waals surface area contributed by atoms with Gasteiger partial charge in [-0.05, 0) is 62.7 Å². The summed E-state index contributed by atoms with van der Waals surface area (Å²) in [5, 5.41) is 17.8. The van der Waals surface area contributed by atoms with Gasteiger partial charge < -0.3 is 30.1 Å². The number of amides is 2. The molecule has 10 heteroatoms. The van der Waals surface area contributed by atoms with Crippen molar-refractivity contribution in [2.75, 3.05) is 39.3 Å². The third kappa shape index (κ3) is 13.3. The van der Waals surface area contributed by atoms with Crippen molar-refractivity contribution >= 4 is 23.8 Å². The Kier molecular flexibility index (Phi) is 16.4. The van der Waals surface area contributed by atoms with Crippen molar-refractivity contribution in [2.45, 2.75) is 59.9 Å². The van der Waals surface area contributed by atoms with Gasteiger partial charge in [-0.2, -0.15) is 0 Å². The number of nitrogens with one attached hydrogen (secondary N) is 1. The molecule has 3 N–H and O–H groups in total. The van der Waals surface area contributed by atoms with Crippen molar-refractivity contribution in [2.24, 2.45) is 0 Å². The van der Waals surface area contributed by atoms with Crippen molar-refractivity contribution in [3.05, 3.63) is 65.2 Å². The molecular weight excluding hydrogens is 526 g/mol.